The lowest BCUT2D eigenvalue weighted by Crippen LogP contribution is -2.26. The second kappa shape index (κ2) is 6.82. The summed E-state index contributed by atoms with van der Waals surface area (Å²) in [6.07, 6.45) is 2.65. The molecule has 1 aromatic rings. The predicted octanol–water partition coefficient (Wildman–Crippen LogP) is 1.45. The van der Waals surface area contributed by atoms with Crippen LogP contribution in [-0.2, 0) is 6.54 Å². The van der Waals surface area contributed by atoms with Gasteiger partial charge in [0.25, 0.3) is 0 Å². The zero-order valence-corrected chi connectivity index (χ0v) is 12.1. The fraction of sp³-hybridized carbons (Fsp3) is 0.714. The van der Waals surface area contributed by atoms with E-state index in [0.29, 0.717) is 18.5 Å². The van der Waals surface area contributed by atoms with Gasteiger partial charge in [-0.1, -0.05) is 13.8 Å². The van der Waals surface area contributed by atoms with Gasteiger partial charge < -0.3 is 15.0 Å². The average molecular weight is 264 g/mol. The summed E-state index contributed by atoms with van der Waals surface area (Å²) in [5.74, 6) is 0.609. The largest absolute Gasteiger partial charge is 0.475 e. The Morgan fingerprint density at radius 3 is 2.74 bits per heavy atom. The van der Waals surface area contributed by atoms with E-state index in [1.165, 1.54) is 12.8 Å². The highest BCUT2D eigenvalue weighted by Crippen LogP contribution is 2.24. The molecule has 0 aromatic carbocycles. The molecule has 5 nitrogen and oxygen atoms in total. The molecule has 0 radical (unpaired) electrons. The van der Waals surface area contributed by atoms with E-state index < -0.39 is 0 Å². The SMILES string of the molecule is CC(C)NCc1ccc(OCCN(C)C2CC2)nn1. The molecule has 19 heavy (non-hydrogen) atoms. The smallest absolute Gasteiger partial charge is 0.233 e. The third kappa shape index (κ3) is 5.12. The molecule has 1 N–H and O–H groups in total. The van der Waals surface area contributed by atoms with Gasteiger partial charge in [-0.25, -0.2) is 0 Å². The molecule has 0 aliphatic heterocycles. The molecule has 1 saturated carbocycles. The summed E-state index contributed by atoms with van der Waals surface area (Å²) in [5, 5.41) is 11.5. The number of rotatable bonds is 8. The van der Waals surface area contributed by atoms with Crippen LogP contribution in [0.3, 0.4) is 0 Å². The molecule has 0 atom stereocenters. The van der Waals surface area contributed by atoms with E-state index in [-0.39, 0.29) is 0 Å². The maximum atomic E-state index is 5.60. The predicted molar refractivity (Wildman–Crippen MR) is 75.2 cm³/mol. The molecule has 1 aliphatic carbocycles. The van der Waals surface area contributed by atoms with Crippen molar-refractivity contribution in [2.45, 2.75) is 45.3 Å². The lowest BCUT2D eigenvalue weighted by Gasteiger charge is -2.15. The van der Waals surface area contributed by atoms with Gasteiger partial charge in [0.1, 0.15) is 6.61 Å². The second-order valence-corrected chi connectivity index (χ2v) is 5.46. The van der Waals surface area contributed by atoms with E-state index in [1.54, 1.807) is 0 Å². The summed E-state index contributed by atoms with van der Waals surface area (Å²) in [6, 6.07) is 5.08. The van der Waals surface area contributed by atoms with Crippen LogP contribution in [0.1, 0.15) is 32.4 Å². The van der Waals surface area contributed by atoms with E-state index >= 15 is 0 Å². The minimum Gasteiger partial charge on any atom is -0.475 e. The maximum absolute atomic E-state index is 5.60. The second-order valence-electron chi connectivity index (χ2n) is 5.46. The molecule has 0 spiro atoms. The van der Waals surface area contributed by atoms with Gasteiger partial charge in [0.2, 0.25) is 5.88 Å². The van der Waals surface area contributed by atoms with Crippen LogP contribution in [0.15, 0.2) is 12.1 Å². The molecule has 0 unspecified atom stereocenters. The molecule has 1 heterocycles. The Morgan fingerprint density at radius 1 is 1.37 bits per heavy atom. The highest BCUT2D eigenvalue weighted by atomic mass is 16.5. The number of ether oxygens (including phenoxy) is 1. The van der Waals surface area contributed by atoms with Crippen LogP contribution in [0.4, 0.5) is 0 Å². The molecular weight excluding hydrogens is 240 g/mol. The van der Waals surface area contributed by atoms with Gasteiger partial charge in [0.05, 0.1) is 5.69 Å². The van der Waals surface area contributed by atoms with Gasteiger partial charge in [-0.2, -0.15) is 5.10 Å². The number of likely N-dealkylation sites (N-methyl/N-ethyl adjacent to an activating group) is 1. The average Bonchev–Trinajstić information content (AvgIpc) is 3.22. The van der Waals surface area contributed by atoms with Crippen molar-refractivity contribution in [2.75, 3.05) is 20.2 Å². The standard InChI is InChI=1S/C14H24N4O/c1-11(2)15-10-12-4-7-14(17-16-12)19-9-8-18(3)13-5-6-13/h4,7,11,13,15H,5-6,8-10H2,1-3H3. The van der Waals surface area contributed by atoms with Crippen LogP contribution < -0.4 is 10.1 Å². The van der Waals surface area contributed by atoms with E-state index in [0.717, 1.165) is 24.8 Å². The van der Waals surface area contributed by atoms with E-state index in [4.69, 9.17) is 4.74 Å². The van der Waals surface area contributed by atoms with Crippen LogP contribution in [0, 0.1) is 0 Å². The molecule has 0 amide bonds. The van der Waals surface area contributed by atoms with Crippen molar-refractivity contribution >= 4 is 0 Å². The van der Waals surface area contributed by atoms with E-state index in [1.807, 2.05) is 12.1 Å². The number of nitrogens with one attached hydrogen (secondary N) is 1. The van der Waals surface area contributed by atoms with Crippen LogP contribution >= 0.6 is 0 Å². The molecule has 106 valence electrons. The zero-order valence-electron chi connectivity index (χ0n) is 12.1. The van der Waals surface area contributed by atoms with Crippen molar-refractivity contribution in [2.24, 2.45) is 0 Å². The van der Waals surface area contributed by atoms with Crippen LogP contribution in [0.2, 0.25) is 0 Å². The number of aromatic nitrogens is 2. The minimum atomic E-state index is 0.454. The molecule has 0 saturated heterocycles. The normalized spacial score (nSPS) is 15.2. The molecular formula is C14H24N4O. The summed E-state index contributed by atoms with van der Waals surface area (Å²) in [6.45, 7) is 6.59. The van der Waals surface area contributed by atoms with Crippen molar-refractivity contribution in [3.8, 4) is 5.88 Å². The highest BCUT2D eigenvalue weighted by molar-refractivity contribution is 5.11. The van der Waals surface area contributed by atoms with Crippen LogP contribution in [0.25, 0.3) is 0 Å². The van der Waals surface area contributed by atoms with Gasteiger partial charge in [-0.05, 0) is 26.0 Å². The van der Waals surface area contributed by atoms with Gasteiger partial charge in [-0.3, -0.25) is 0 Å². The number of hydrogen-bond acceptors (Lipinski definition) is 5. The van der Waals surface area contributed by atoms with Crippen LogP contribution in [-0.4, -0.2) is 47.4 Å². The van der Waals surface area contributed by atoms with Crippen molar-refractivity contribution in [1.82, 2.24) is 20.4 Å². The summed E-state index contributed by atoms with van der Waals surface area (Å²) in [7, 11) is 2.15. The first-order valence-electron chi connectivity index (χ1n) is 7.04. The van der Waals surface area contributed by atoms with Crippen LogP contribution in [0.5, 0.6) is 5.88 Å². The van der Waals surface area contributed by atoms with Gasteiger partial charge in [-0.15, -0.1) is 5.10 Å². The molecule has 1 aromatic heterocycles. The Labute approximate surface area is 115 Å². The summed E-state index contributed by atoms with van der Waals surface area (Å²) >= 11 is 0. The summed E-state index contributed by atoms with van der Waals surface area (Å²) in [5.41, 5.74) is 0.941. The monoisotopic (exact) mass is 264 g/mol. The summed E-state index contributed by atoms with van der Waals surface area (Å²) < 4.78 is 5.60. The topological polar surface area (TPSA) is 50.3 Å². The third-order valence-electron chi connectivity index (χ3n) is 3.25. The first-order chi connectivity index (χ1) is 9.15. The lowest BCUT2D eigenvalue weighted by atomic mass is 10.3. The van der Waals surface area contributed by atoms with E-state index in [2.05, 4.69) is 41.3 Å². The maximum Gasteiger partial charge on any atom is 0.233 e. The quantitative estimate of drug-likeness (QED) is 0.770. The Bertz CT molecular complexity index is 376. The van der Waals surface area contributed by atoms with Gasteiger partial charge in [0.15, 0.2) is 0 Å². The zero-order chi connectivity index (χ0) is 13.7. The third-order valence-corrected chi connectivity index (χ3v) is 3.25. The van der Waals surface area contributed by atoms with Crippen molar-refractivity contribution in [1.29, 1.82) is 0 Å². The Morgan fingerprint density at radius 2 is 2.16 bits per heavy atom. The highest BCUT2D eigenvalue weighted by Gasteiger charge is 2.25. The van der Waals surface area contributed by atoms with Crippen molar-refractivity contribution in [3.63, 3.8) is 0 Å². The lowest BCUT2D eigenvalue weighted by molar-refractivity contribution is 0.225. The minimum absolute atomic E-state index is 0.454. The van der Waals surface area contributed by atoms with Gasteiger partial charge >= 0.3 is 0 Å². The molecule has 5 heteroatoms. The first kappa shape index (κ1) is 14.2. The first-order valence-corrected chi connectivity index (χ1v) is 7.04. The number of nitrogens with zero attached hydrogens (tertiary/aromatic N) is 3. The van der Waals surface area contributed by atoms with E-state index in [9.17, 15) is 0 Å². The van der Waals surface area contributed by atoms with Gasteiger partial charge in [0, 0.05) is 31.2 Å². The Hall–Kier alpha value is -1.20. The van der Waals surface area contributed by atoms with Crippen molar-refractivity contribution < 1.29 is 4.74 Å². The molecule has 0 bridgehead atoms. The fourth-order valence-electron chi connectivity index (χ4n) is 1.82. The fourth-order valence-corrected chi connectivity index (χ4v) is 1.82. The molecule has 1 fully saturated rings. The molecule has 1 aliphatic rings. The Balaban J connectivity index is 1.68. The molecule has 2 rings (SSSR count). The number of hydrogen-bond donors (Lipinski definition) is 1. The van der Waals surface area contributed by atoms with Crippen molar-refractivity contribution in [3.05, 3.63) is 17.8 Å². The summed E-state index contributed by atoms with van der Waals surface area (Å²) in [4.78, 5) is 2.34. The Kier molecular flexibility index (Phi) is 5.10.